The first-order chi connectivity index (χ1) is 6.70. The fourth-order valence-electron chi connectivity index (χ4n) is 1.50. The molecule has 82 valence electrons. The highest BCUT2D eigenvalue weighted by molar-refractivity contribution is 6.20. The van der Waals surface area contributed by atoms with Crippen LogP contribution in [0.15, 0.2) is 0 Å². The lowest BCUT2D eigenvalue weighted by Crippen LogP contribution is -2.35. The Morgan fingerprint density at radius 1 is 1.57 bits per heavy atom. The summed E-state index contributed by atoms with van der Waals surface area (Å²) >= 11 is 5.78. The zero-order chi connectivity index (χ0) is 10.4. The van der Waals surface area contributed by atoms with Gasteiger partial charge in [-0.1, -0.05) is 0 Å². The maximum atomic E-state index is 11.6. The monoisotopic (exact) mass is 219 g/mol. The molecule has 1 unspecified atom stereocenters. The van der Waals surface area contributed by atoms with Crippen molar-refractivity contribution in [3.05, 3.63) is 0 Å². The number of rotatable bonds is 4. The number of hydrogen-bond acceptors (Lipinski definition) is 2. The number of alkyl halides is 1. The molecule has 1 aliphatic rings. The van der Waals surface area contributed by atoms with E-state index in [1.54, 1.807) is 0 Å². The van der Waals surface area contributed by atoms with Gasteiger partial charge in [-0.25, -0.2) is 0 Å². The molecule has 0 aromatic carbocycles. The zero-order valence-corrected chi connectivity index (χ0v) is 9.35. The Kier molecular flexibility index (Phi) is 5.26. The van der Waals surface area contributed by atoms with Gasteiger partial charge in [0.15, 0.2) is 0 Å². The van der Waals surface area contributed by atoms with E-state index < -0.39 is 0 Å². The first-order valence-electron chi connectivity index (χ1n) is 5.19. The van der Waals surface area contributed by atoms with Crippen molar-refractivity contribution in [2.45, 2.75) is 31.6 Å². The van der Waals surface area contributed by atoms with Crippen LogP contribution in [0.3, 0.4) is 0 Å². The van der Waals surface area contributed by atoms with Gasteiger partial charge in [0.1, 0.15) is 0 Å². The quantitative estimate of drug-likeness (QED) is 0.729. The molecule has 1 aliphatic heterocycles. The van der Waals surface area contributed by atoms with Crippen molar-refractivity contribution in [1.82, 2.24) is 5.32 Å². The summed E-state index contributed by atoms with van der Waals surface area (Å²) in [6.07, 6.45) is 2.53. The molecule has 0 radical (unpaired) electrons. The third-order valence-corrected chi connectivity index (χ3v) is 2.65. The predicted octanol–water partition coefficient (Wildman–Crippen LogP) is 1.55. The van der Waals surface area contributed by atoms with Gasteiger partial charge in [0.05, 0.1) is 0 Å². The van der Waals surface area contributed by atoms with Crippen molar-refractivity contribution in [3.63, 3.8) is 0 Å². The highest BCUT2D eigenvalue weighted by Gasteiger charge is 2.20. The summed E-state index contributed by atoms with van der Waals surface area (Å²) < 4.78 is 5.19. The zero-order valence-electron chi connectivity index (χ0n) is 8.59. The maximum Gasteiger partial charge on any atom is 0.223 e. The Labute approximate surface area is 90.1 Å². The summed E-state index contributed by atoms with van der Waals surface area (Å²) in [7, 11) is 0. The molecule has 0 spiro atoms. The summed E-state index contributed by atoms with van der Waals surface area (Å²) in [5.41, 5.74) is 0. The molecule has 1 N–H and O–H groups in total. The molecule has 1 saturated heterocycles. The van der Waals surface area contributed by atoms with Crippen LogP contribution in [0.25, 0.3) is 0 Å². The van der Waals surface area contributed by atoms with Crippen molar-refractivity contribution in [2.24, 2.45) is 5.92 Å². The van der Waals surface area contributed by atoms with Crippen molar-refractivity contribution < 1.29 is 9.53 Å². The summed E-state index contributed by atoms with van der Waals surface area (Å²) in [5, 5.41) is 3.03. The van der Waals surface area contributed by atoms with Crippen molar-refractivity contribution in [3.8, 4) is 0 Å². The molecule has 4 heteroatoms. The van der Waals surface area contributed by atoms with Crippen molar-refractivity contribution in [2.75, 3.05) is 19.8 Å². The summed E-state index contributed by atoms with van der Waals surface area (Å²) in [6.45, 7) is 4.04. The smallest absolute Gasteiger partial charge is 0.223 e. The molecule has 0 saturated carbocycles. The molecule has 1 heterocycles. The average molecular weight is 220 g/mol. The van der Waals surface area contributed by atoms with E-state index in [-0.39, 0.29) is 17.2 Å². The average Bonchev–Trinajstić information content (AvgIpc) is 2.18. The topological polar surface area (TPSA) is 38.3 Å². The third kappa shape index (κ3) is 4.29. The largest absolute Gasteiger partial charge is 0.381 e. The third-order valence-electron chi connectivity index (χ3n) is 2.43. The minimum atomic E-state index is 0.130. The summed E-state index contributed by atoms with van der Waals surface area (Å²) in [4.78, 5) is 11.6. The number of halogens is 1. The van der Waals surface area contributed by atoms with Crippen LogP contribution in [0.5, 0.6) is 0 Å². The highest BCUT2D eigenvalue weighted by Crippen LogP contribution is 2.14. The van der Waals surface area contributed by atoms with Crippen LogP contribution in [0, 0.1) is 5.92 Å². The van der Waals surface area contributed by atoms with Gasteiger partial charge in [-0.05, 0) is 26.2 Å². The van der Waals surface area contributed by atoms with Crippen LogP contribution < -0.4 is 5.32 Å². The maximum absolute atomic E-state index is 11.6. The number of ether oxygens (including phenoxy) is 1. The fraction of sp³-hybridized carbons (Fsp3) is 0.900. The molecule has 1 fully saturated rings. The first kappa shape index (κ1) is 11.8. The van der Waals surface area contributed by atoms with Gasteiger partial charge in [0.25, 0.3) is 0 Å². The SMILES string of the molecule is CC(Cl)CCNC(=O)C1CCOCC1. The van der Waals surface area contributed by atoms with E-state index in [2.05, 4.69) is 5.32 Å². The van der Waals surface area contributed by atoms with E-state index in [9.17, 15) is 4.79 Å². The van der Waals surface area contributed by atoms with Gasteiger partial charge < -0.3 is 10.1 Å². The Hall–Kier alpha value is -0.280. The second kappa shape index (κ2) is 6.25. The van der Waals surface area contributed by atoms with E-state index in [1.807, 2.05) is 6.92 Å². The molecule has 0 aromatic rings. The first-order valence-corrected chi connectivity index (χ1v) is 5.63. The number of hydrogen-bond donors (Lipinski definition) is 1. The Balaban J connectivity index is 2.13. The minimum absolute atomic E-state index is 0.130. The molecule has 14 heavy (non-hydrogen) atoms. The molecule has 1 atom stereocenters. The predicted molar refractivity (Wildman–Crippen MR) is 56.5 cm³/mol. The molecule has 0 aromatic heterocycles. The number of amides is 1. The lowest BCUT2D eigenvalue weighted by Gasteiger charge is -2.21. The number of nitrogens with one attached hydrogen (secondary N) is 1. The Morgan fingerprint density at radius 2 is 2.21 bits per heavy atom. The molecule has 3 nitrogen and oxygen atoms in total. The highest BCUT2D eigenvalue weighted by atomic mass is 35.5. The van der Waals surface area contributed by atoms with Crippen LogP contribution in [0.1, 0.15) is 26.2 Å². The van der Waals surface area contributed by atoms with Gasteiger partial charge in [0, 0.05) is 31.1 Å². The van der Waals surface area contributed by atoms with E-state index in [0.29, 0.717) is 19.8 Å². The van der Waals surface area contributed by atoms with Crippen LogP contribution in [-0.2, 0) is 9.53 Å². The van der Waals surface area contributed by atoms with Gasteiger partial charge in [-0.15, -0.1) is 11.6 Å². The van der Waals surface area contributed by atoms with E-state index >= 15 is 0 Å². The minimum Gasteiger partial charge on any atom is -0.381 e. The molecule has 1 amide bonds. The van der Waals surface area contributed by atoms with Crippen molar-refractivity contribution >= 4 is 17.5 Å². The van der Waals surface area contributed by atoms with Crippen molar-refractivity contribution in [1.29, 1.82) is 0 Å². The fourth-order valence-corrected chi connectivity index (χ4v) is 1.61. The molecule has 0 aliphatic carbocycles. The normalized spacial score (nSPS) is 20.4. The second-order valence-electron chi connectivity index (χ2n) is 3.75. The van der Waals surface area contributed by atoms with Gasteiger partial charge in [0.2, 0.25) is 5.91 Å². The van der Waals surface area contributed by atoms with E-state index in [0.717, 1.165) is 19.3 Å². The molecular weight excluding hydrogens is 202 g/mol. The van der Waals surface area contributed by atoms with E-state index in [1.165, 1.54) is 0 Å². The van der Waals surface area contributed by atoms with Crippen LogP contribution in [0.2, 0.25) is 0 Å². The number of carbonyl (C=O) groups excluding carboxylic acids is 1. The number of carbonyl (C=O) groups is 1. The van der Waals surface area contributed by atoms with Gasteiger partial charge >= 0.3 is 0 Å². The lowest BCUT2D eigenvalue weighted by atomic mass is 9.99. The van der Waals surface area contributed by atoms with Gasteiger partial charge in [-0.2, -0.15) is 0 Å². The standard InChI is InChI=1S/C10H18ClNO2/c1-8(11)2-5-12-10(13)9-3-6-14-7-4-9/h8-9H,2-7H2,1H3,(H,12,13). The lowest BCUT2D eigenvalue weighted by molar-refractivity contribution is -0.127. The van der Waals surface area contributed by atoms with Crippen LogP contribution >= 0.6 is 11.6 Å². The van der Waals surface area contributed by atoms with Crippen LogP contribution in [-0.4, -0.2) is 31.0 Å². The summed E-state index contributed by atoms with van der Waals surface area (Å²) in [6, 6.07) is 0. The Bertz CT molecular complexity index is 179. The molecule has 0 bridgehead atoms. The van der Waals surface area contributed by atoms with Gasteiger partial charge in [-0.3, -0.25) is 4.79 Å². The van der Waals surface area contributed by atoms with E-state index in [4.69, 9.17) is 16.3 Å². The Morgan fingerprint density at radius 3 is 2.79 bits per heavy atom. The molecular formula is C10H18ClNO2. The summed E-state index contributed by atoms with van der Waals surface area (Å²) in [5.74, 6) is 0.306. The van der Waals surface area contributed by atoms with Crippen LogP contribution in [0.4, 0.5) is 0 Å². The molecule has 1 rings (SSSR count). The second-order valence-corrected chi connectivity index (χ2v) is 4.49.